The standard InChI is InChI=1S/C12H13NO2S/c13-10(12(14)15)6-5-9-7-8-3-1-2-4-11(8)16-9/h1-4,7,10H,5-6,13H2,(H,14,15). The molecule has 2 rings (SSSR count). The van der Waals surface area contributed by atoms with Gasteiger partial charge in [0, 0.05) is 9.58 Å². The Labute approximate surface area is 97.5 Å². The molecule has 1 aromatic heterocycles. The maximum atomic E-state index is 10.6. The number of thiophene rings is 1. The Balaban J connectivity index is 2.07. The van der Waals surface area contributed by atoms with Gasteiger partial charge in [0.05, 0.1) is 0 Å². The summed E-state index contributed by atoms with van der Waals surface area (Å²) in [6.45, 7) is 0. The second-order valence-electron chi connectivity index (χ2n) is 3.73. The van der Waals surface area contributed by atoms with Gasteiger partial charge >= 0.3 is 5.97 Å². The summed E-state index contributed by atoms with van der Waals surface area (Å²) in [6.07, 6.45) is 1.22. The predicted molar refractivity (Wildman–Crippen MR) is 65.8 cm³/mol. The van der Waals surface area contributed by atoms with Gasteiger partial charge in [0.15, 0.2) is 0 Å². The Kier molecular flexibility index (Phi) is 3.22. The Morgan fingerprint density at radius 1 is 1.44 bits per heavy atom. The second-order valence-corrected chi connectivity index (χ2v) is 4.90. The highest BCUT2D eigenvalue weighted by Gasteiger charge is 2.11. The van der Waals surface area contributed by atoms with Gasteiger partial charge in [0.1, 0.15) is 6.04 Å². The molecule has 1 atom stereocenters. The third-order valence-electron chi connectivity index (χ3n) is 2.50. The van der Waals surface area contributed by atoms with Gasteiger partial charge in [0.25, 0.3) is 0 Å². The van der Waals surface area contributed by atoms with Gasteiger partial charge in [-0.15, -0.1) is 11.3 Å². The topological polar surface area (TPSA) is 63.3 Å². The molecule has 3 N–H and O–H groups in total. The number of benzene rings is 1. The third-order valence-corrected chi connectivity index (χ3v) is 3.67. The van der Waals surface area contributed by atoms with Crippen molar-refractivity contribution in [1.29, 1.82) is 0 Å². The van der Waals surface area contributed by atoms with E-state index in [4.69, 9.17) is 10.8 Å². The minimum Gasteiger partial charge on any atom is -0.480 e. The minimum absolute atomic E-state index is 0.488. The van der Waals surface area contributed by atoms with E-state index in [0.29, 0.717) is 6.42 Å². The highest BCUT2D eigenvalue weighted by Crippen LogP contribution is 2.26. The lowest BCUT2D eigenvalue weighted by Gasteiger charge is -2.03. The van der Waals surface area contributed by atoms with Crippen LogP contribution in [0.3, 0.4) is 0 Å². The number of fused-ring (bicyclic) bond motifs is 1. The lowest BCUT2D eigenvalue weighted by atomic mass is 10.1. The molecule has 0 aliphatic carbocycles. The SMILES string of the molecule is NC(CCc1cc2ccccc2s1)C(=O)O. The number of carbonyl (C=O) groups is 1. The quantitative estimate of drug-likeness (QED) is 0.854. The molecule has 0 spiro atoms. The molecule has 4 heteroatoms. The Hall–Kier alpha value is -1.39. The Morgan fingerprint density at radius 3 is 2.88 bits per heavy atom. The Bertz CT molecular complexity index is 473. The van der Waals surface area contributed by atoms with Crippen molar-refractivity contribution >= 4 is 27.4 Å². The van der Waals surface area contributed by atoms with Gasteiger partial charge in [-0.25, -0.2) is 0 Å². The molecule has 84 valence electrons. The van der Waals surface area contributed by atoms with Crippen LogP contribution in [0.2, 0.25) is 0 Å². The fourth-order valence-corrected chi connectivity index (χ4v) is 2.66. The lowest BCUT2D eigenvalue weighted by Crippen LogP contribution is -2.30. The van der Waals surface area contributed by atoms with E-state index in [1.165, 1.54) is 15.0 Å². The summed E-state index contributed by atoms with van der Waals surface area (Å²) in [5.41, 5.74) is 5.46. The first-order valence-electron chi connectivity index (χ1n) is 5.12. The molecular weight excluding hydrogens is 222 g/mol. The van der Waals surface area contributed by atoms with Gasteiger partial charge in [-0.2, -0.15) is 0 Å². The number of hydrogen-bond donors (Lipinski definition) is 2. The van der Waals surface area contributed by atoms with Crippen molar-refractivity contribution in [1.82, 2.24) is 0 Å². The van der Waals surface area contributed by atoms with Crippen LogP contribution in [0.15, 0.2) is 30.3 Å². The normalized spacial score (nSPS) is 12.8. The van der Waals surface area contributed by atoms with E-state index < -0.39 is 12.0 Å². The molecule has 1 heterocycles. The van der Waals surface area contributed by atoms with Crippen LogP contribution in [-0.4, -0.2) is 17.1 Å². The first-order chi connectivity index (χ1) is 7.66. The van der Waals surface area contributed by atoms with Crippen molar-refractivity contribution in [3.8, 4) is 0 Å². The van der Waals surface area contributed by atoms with Crippen LogP contribution < -0.4 is 5.73 Å². The number of aliphatic carboxylic acids is 1. The minimum atomic E-state index is -0.930. The second kappa shape index (κ2) is 4.63. The predicted octanol–water partition coefficient (Wildman–Crippen LogP) is 2.25. The van der Waals surface area contributed by atoms with Gasteiger partial charge in [-0.3, -0.25) is 4.79 Å². The highest BCUT2D eigenvalue weighted by atomic mass is 32.1. The molecule has 0 bridgehead atoms. The van der Waals surface area contributed by atoms with Gasteiger partial charge in [-0.1, -0.05) is 18.2 Å². The fraction of sp³-hybridized carbons (Fsp3) is 0.250. The molecule has 0 saturated carbocycles. The van der Waals surface area contributed by atoms with Crippen LogP contribution in [0.25, 0.3) is 10.1 Å². The van der Waals surface area contributed by atoms with Gasteiger partial charge in [-0.05, 0) is 30.4 Å². The zero-order valence-electron chi connectivity index (χ0n) is 8.72. The van der Waals surface area contributed by atoms with E-state index in [0.717, 1.165) is 6.42 Å². The third kappa shape index (κ3) is 2.40. The molecule has 1 unspecified atom stereocenters. The van der Waals surface area contributed by atoms with Crippen LogP contribution >= 0.6 is 11.3 Å². The first kappa shape index (κ1) is 11.1. The maximum Gasteiger partial charge on any atom is 0.320 e. The van der Waals surface area contributed by atoms with Crippen molar-refractivity contribution in [3.05, 3.63) is 35.2 Å². The molecule has 0 amide bonds. The van der Waals surface area contributed by atoms with Gasteiger partial charge in [0.2, 0.25) is 0 Å². The van der Waals surface area contributed by atoms with Crippen LogP contribution in [-0.2, 0) is 11.2 Å². The summed E-state index contributed by atoms with van der Waals surface area (Å²) >= 11 is 1.70. The van der Waals surface area contributed by atoms with E-state index in [-0.39, 0.29) is 0 Å². The van der Waals surface area contributed by atoms with Crippen LogP contribution in [0, 0.1) is 0 Å². The smallest absolute Gasteiger partial charge is 0.320 e. The van der Waals surface area contributed by atoms with E-state index >= 15 is 0 Å². The summed E-state index contributed by atoms with van der Waals surface area (Å²) in [5, 5.41) is 9.89. The van der Waals surface area contributed by atoms with E-state index in [2.05, 4.69) is 18.2 Å². The molecule has 0 aliphatic rings. The highest BCUT2D eigenvalue weighted by molar-refractivity contribution is 7.19. The Morgan fingerprint density at radius 2 is 2.19 bits per heavy atom. The molecule has 16 heavy (non-hydrogen) atoms. The maximum absolute atomic E-state index is 10.6. The van der Waals surface area contributed by atoms with Crippen LogP contribution in [0.5, 0.6) is 0 Å². The van der Waals surface area contributed by atoms with Crippen LogP contribution in [0.1, 0.15) is 11.3 Å². The van der Waals surface area contributed by atoms with Crippen molar-refractivity contribution in [2.45, 2.75) is 18.9 Å². The summed E-state index contributed by atoms with van der Waals surface area (Å²) in [4.78, 5) is 11.8. The number of carboxylic acid groups (broad SMARTS) is 1. The summed E-state index contributed by atoms with van der Waals surface area (Å²) < 4.78 is 1.24. The number of aryl methyl sites for hydroxylation is 1. The lowest BCUT2D eigenvalue weighted by molar-refractivity contribution is -0.138. The fourth-order valence-electron chi connectivity index (χ4n) is 1.58. The van der Waals surface area contributed by atoms with Crippen molar-refractivity contribution in [2.75, 3.05) is 0 Å². The molecule has 1 aromatic carbocycles. The molecule has 0 saturated heterocycles. The molecule has 0 aliphatic heterocycles. The van der Waals surface area contributed by atoms with E-state index in [1.807, 2.05) is 12.1 Å². The zero-order chi connectivity index (χ0) is 11.5. The number of carboxylic acids is 1. The monoisotopic (exact) mass is 235 g/mol. The number of hydrogen-bond acceptors (Lipinski definition) is 3. The van der Waals surface area contributed by atoms with E-state index in [9.17, 15) is 4.79 Å². The molecule has 2 aromatic rings. The zero-order valence-corrected chi connectivity index (χ0v) is 9.54. The molecule has 0 fully saturated rings. The molecule has 3 nitrogen and oxygen atoms in total. The van der Waals surface area contributed by atoms with Crippen LogP contribution in [0.4, 0.5) is 0 Å². The molecule has 0 radical (unpaired) electrons. The van der Waals surface area contributed by atoms with Crippen molar-refractivity contribution < 1.29 is 9.90 Å². The average molecular weight is 235 g/mol. The van der Waals surface area contributed by atoms with Gasteiger partial charge < -0.3 is 10.8 Å². The number of rotatable bonds is 4. The van der Waals surface area contributed by atoms with E-state index in [1.54, 1.807) is 11.3 Å². The summed E-state index contributed by atoms with van der Waals surface area (Å²) in [6, 6.07) is 9.49. The molecular formula is C12H13NO2S. The number of nitrogens with two attached hydrogens (primary N) is 1. The largest absolute Gasteiger partial charge is 0.480 e. The summed E-state index contributed by atoms with van der Waals surface area (Å²) in [7, 11) is 0. The first-order valence-corrected chi connectivity index (χ1v) is 5.94. The van der Waals surface area contributed by atoms with Crippen molar-refractivity contribution in [3.63, 3.8) is 0 Å². The summed E-state index contributed by atoms with van der Waals surface area (Å²) in [5.74, 6) is -0.930. The average Bonchev–Trinajstić information content (AvgIpc) is 2.68. The van der Waals surface area contributed by atoms with Crippen molar-refractivity contribution in [2.24, 2.45) is 5.73 Å².